The number of methoxy groups -OCH3 is 1. The van der Waals surface area contributed by atoms with Gasteiger partial charge in [-0.05, 0) is 12.1 Å². The van der Waals surface area contributed by atoms with Crippen LogP contribution in [0.1, 0.15) is 16.2 Å². The van der Waals surface area contributed by atoms with E-state index in [9.17, 15) is 4.79 Å². The van der Waals surface area contributed by atoms with Crippen LogP contribution < -0.4 is 0 Å². The normalized spacial score (nSPS) is 10.4. The molecule has 0 spiro atoms. The van der Waals surface area contributed by atoms with E-state index in [0.717, 1.165) is 0 Å². The molecule has 0 N–H and O–H groups in total. The van der Waals surface area contributed by atoms with Gasteiger partial charge in [-0.25, -0.2) is 4.98 Å². The molecule has 0 saturated heterocycles. The van der Waals surface area contributed by atoms with E-state index in [1.807, 2.05) is 6.07 Å². The van der Waals surface area contributed by atoms with Crippen LogP contribution in [0.15, 0.2) is 41.4 Å². The molecule has 2 rings (SSSR count). The van der Waals surface area contributed by atoms with Crippen LogP contribution in [0, 0.1) is 0 Å². The quantitative estimate of drug-likeness (QED) is 0.785. The molecule has 0 aliphatic rings. The Morgan fingerprint density at radius 1 is 1.47 bits per heavy atom. The number of furan rings is 1. The zero-order valence-electron chi connectivity index (χ0n) is 10.7. The minimum atomic E-state index is -0.193. The molecular weight excluding hydrogens is 246 g/mol. The first-order valence-electron chi connectivity index (χ1n) is 5.88. The van der Waals surface area contributed by atoms with Crippen LogP contribution in [0.5, 0.6) is 0 Å². The summed E-state index contributed by atoms with van der Waals surface area (Å²) in [4.78, 5) is 21.8. The Balaban J connectivity index is 2.10. The zero-order valence-corrected chi connectivity index (χ0v) is 10.7. The van der Waals surface area contributed by atoms with Crippen LogP contribution in [-0.4, -0.2) is 41.0 Å². The van der Waals surface area contributed by atoms with Crippen molar-refractivity contribution >= 4 is 5.91 Å². The first-order chi connectivity index (χ1) is 9.31. The molecule has 2 aromatic heterocycles. The summed E-state index contributed by atoms with van der Waals surface area (Å²) in [7, 11) is 1.60. The Kier molecular flexibility index (Phi) is 4.63. The Hall–Kier alpha value is -2.21. The van der Waals surface area contributed by atoms with E-state index in [-0.39, 0.29) is 5.91 Å². The van der Waals surface area contributed by atoms with Gasteiger partial charge in [0.25, 0.3) is 5.91 Å². The maximum absolute atomic E-state index is 12.3. The number of carbonyl (C=O) groups excluding carboxylic acids is 1. The fourth-order valence-electron chi connectivity index (χ4n) is 1.62. The number of hydrogen-bond donors (Lipinski definition) is 0. The Morgan fingerprint density at radius 2 is 2.37 bits per heavy atom. The molecule has 0 aromatic carbocycles. The lowest BCUT2D eigenvalue weighted by Gasteiger charge is -2.20. The Labute approximate surface area is 111 Å². The number of rotatable bonds is 6. The lowest BCUT2D eigenvalue weighted by molar-refractivity contribution is 0.0660. The molecule has 0 fully saturated rings. The zero-order chi connectivity index (χ0) is 13.5. The second kappa shape index (κ2) is 6.65. The lowest BCUT2D eigenvalue weighted by atomic mass is 10.3. The summed E-state index contributed by atoms with van der Waals surface area (Å²) in [6, 6.07) is 3.61. The maximum atomic E-state index is 12.3. The second-order valence-corrected chi connectivity index (χ2v) is 3.89. The number of nitrogens with zero attached hydrogens (tertiary/aromatic N) is 3. The molecule has 0 bridgehead atoms. The monoisotopic (exact) mass is 261 g/mol. The van der Waals surface area contributed by atoms with E-state index in [4.69, 9.17) is 9.15 Å². The minimum Gasteiger partial charge on any atom is -0.467 e. The van der Waals surface area contributed by atoms with Crippen molar-refractivity contribution in [3.8, 4) is 0 Å². The maximum Gasteiger partial charge on any atom is 0.274 e. The van der Waals surface area contributed by atoms with Crippen LogP contribution in [0.25, 0.3) is 0 Å². The summed E-state index contributed by atoms with van der Waals surface area (Å²) in [5.41, 5.74) is 0.310. The van der Waals surface area contributed by atoms with Crippen LogP contribution in [0.2, 0.25) is 0 Å². The molecule has 100 valence electrons. The van der Waals surface area contributed by atoms with Crippen molar-refractivity contribution in [2.45, 2.75) is 6.54 Å². The molecule has 0 aliphatic carbocycles. The van der Waals surface area contributed by atoms with E-state index >= 15 is 0 Å². The minimum absolute atomic E-state index is 0.193. The third kappa shape index (κ3) is 3.62. The molecule has 1 amide bonds. The molecule has 6 nitrogen and oxygen atoms in total. The molecule has 19 heavy (non-hydrogen) atoms. The van der Waals surface area contributed by atoms with E-state index in [1.165, 1.54) is 18.6 Å². The van der Waals surface area contributed by atoms with Gasteiger partial charge in [-0.3, -0.25) is 9.78 Å². The molecule has 0 atom stereocenters. The summed E-state index contributed by atoms with van der Waals surface area (Å²) in [5, 5.41) is 0. The third-order valence-corrected chi connectivity index (χ3v) is 2.56. The number of amides is 1. The van der Waals surface area contributed by atoms with Crippen LogP contribution >= 0.6 is 0 Å². The summed E-state index contributed by atoms with van der Waals surface area (Å²) >= 11 is 0. The Morgan fingerprint density at radius 3 is 3.00 bits per heavy atom. The Bertz CT molecular complexity index is 499. The van der Waals surface area contributed by atoms with Gasteiger partial charge in [0.15, 0.2) is 0 Å². The number of aromatic nitrogens is 2. The third-order valence-electron chi connectivity index (χ3n) is 2.56. The molecule has 6 heteroatoms. The molecule has 0 radical (unpaired) electrons. The summed E-state index contributed by atoms with van der Waals surface area (Å²) in [5.74, 6) is 0.523. The van der Waals surface area contributed by atoms with Crippen molar-refractivity contribution in [2.24, 2.45) is 0 Å². The summed E-state index contributed by atoms with van der Waals surface area (Å²) in [6.45, 7) is 1.30. The van der Waals surface area contributed by atoms with Gasteiger partial charge in [-0.15, -0.1) is 0 Å². The van der Waals surface area contributed by atoms with E-state index < -0.39 is 0 Å². The number of ether oxygens (including phenoxy) is 1. The number of carbonyl (C=O) groups is 1. The molecular formula is C13H15N3O3. The predicted octanol–water partition coefficient (Wildman–Crippen LogP) is 1.36. The topological polar surface area (TPSA) is 68.5 Å². The second-order valence-electron chi connectivity index (χ2n) is 3.89. The van der Waals surface area contributed by atoms with Crippen LogP contribution in [-0.2, 0) is 11.3 Å². The summed E-state index contributed by atoms with van der Waals surface area (Å²) < 4.78 is 10.3. The van der Waals surface area contributed by atoms with Gasteiger partial charge in [0.1, 0.15) is 11.5 Å². The molecule has 0 unspecified atom stereocenters. The highest BCUT2D eigenvalue weighted by atomic mass is 16.5. The van der Waals surface area contributed by atoms with Crippen LogP contribution in [0.4, 0.5) is 0 Å². The first-order valence-corrected chi connectivity index (χ1v) is 5.88. The van der Waals surface area contributed by atoms with Gasteiger partial charge in [-0.1, -0.05) is 0 Å². The first kappa shape index (κ1) is 13.2. The van der Waals surface area contributed by atoms with Crippen molar-refractivity contribution in [3.63, 3.8) is 0 Å². The smallest absolute Gasteiger partial charge is 0.274 e. The van der Waals surface area contributed by atoms with Crippen molar-refractivity contribution in [3.05, 3.63) is 48.4 Å². The number of hydrogen-bond acceptors (Lipinski definition) is 5. The molecule has 0 saturated carbocycles. The average molecular weight is 261 g/mol. The highest BCUT2D eigenvalue weighted by Crippen LogP contribution is 2.08. The van der Waals surface area contributed by atoms with Crippen LogP contribution in [0.3, 0.4) is 0 Å². The average Bonchev–Trinajstić information content (AvgIpc) is 2.96. The van der Waals surface area contributed by atoms with E-state index in [2.05, 4.69) is 9.97 Å². The van der Waals surface area contributed by atoms with Gasteiger partial charge in [0.05, 0.1) is 25.6 Å². The SMILES string of the molecule is COCCN(Cc1ccco1)C(=O)c1cnccn1. The standard InChI is InChI=1S/C13H15N3O3/c1-18-8-6-16(10-11-3-2-7-19-11)13(17)12-9-14-4-5-15-12/h2-5,7,9H,6,8,10H2,1H3. The highest BCUT2D eigenvalue weighted by Gasteiger charge is 2.18. The van der Waals surface area contributed by atoms with Crippen molar-refractivity contribution in [1.82, 2.24) is 14.9 Å². The summed E-state index contributed by atoms with van der Waals surface area (Å²) in [6.07, 6.45) is 6.05. The van der Waals surface area contributed by atoms with Gasteiger partial charge in [-0.2, -0.15) is 0 Å². The molecule has 2 heterocycles. The van der Waals surface area contributed by atoms with Gasteiger partial charge >= 0.3 is 0 Å². The van der Waals surface area contributed by atoms with Crippen molar-refractivity contribution < 1.29 is 13.9 Å². The molecule has 2 aromatic rings. The largest absolute Gasteiger partial charge is 0.467 e. The van der Waals surface area contributed by atoms with Gasteiger partial charge in [0, 0.05) is 26.0 Å². The highest BCUT2D eigenvalue weighted by molar-refractivity contribution is 5.91. The van der Waals surface area contributed by atoms with Gasteiger partial charge < -0.3 is 14.1 Å². The van der Waals surface area contributed by atoms with E-state index in [1.54, 1.807) is 24.3 Å². The molecule has 0 aliphatic heterocycles. The van der Waals surface area contributed by atoms with Gasteiger partial charge in [0.2, 0.25) is 0 Å². The fourth-order valence-corrected chi connectivity index (χ4v) is 1.62. The fraction of sp³-hybridized carbons (Fsp3) is 0.308. The predicted molar refractivity (Wildman–Crippen MR) is 67.4 cm³/mol. The van der Waals surface area contributed by atoms with Crippen molar-refractivity contribution in [2.75, 3.05) is 20.3 Å². The van der Waals surface area contributed by atoms with E-state index in [0.29, 0.717) is 31.2 Å². The lowest BCUT2D eigenvalue weighted by Crippen LogP contribution is -2.33. The van der Waals surface area contributed by atoms with Crippen molar-refractivity contribution in [1.29, 1.82) is 0 Å².